The van der Waals surface area contributed by atoms with E-state index in [2.05, 4.69) is 44.0 Å². The van der Waals surface area contributed by atoms with Crippen LogP contribution in [0.4, 0.5) is 11.4 Å². The number of hydrogen-bond acceptors (Lipinski definition) is 3. The molecular formula is C14H18N4. The van der Waals surface area contributed by atoms with E-state index >= 15 is 0 Å². The molecule has 0 saturated carbocycles. The zero-order valence-electron chi connectivity index (χ0n) is 10.6. The van der Waals surface area contributed by atoms with E-state index in [0.29, 0.717) is 0 Å². The van der Waals surface area contributed by atoms with E-state index in [0.717, 1.165) is 31.9 Å². The lowest BCUT2D eigenvalue weighted by atomic mass is 10.2. The highest BCUT2D eigenvalue weighted by atomic mass is 15.2. The number of fused-ring (bicyclic) bond motifs is 1. The molecule has 4 nitrogen and oxygen atoms in total. The number of benzene rings is 1. The molecule has 0 spiro atoms. The molecule has 1 aliphatic heterocycles. The molecule has 94 valence electrons. The number of imidazole rings is 1. The molecule has 2 aromatic rings. The summed E-state index contributed by atoms with van der Waals surface area (Å²) in [6.45, 7) is 3.09. The Morgan fingerprint density at radius 1 is 1.33 bits per heavy atom. The monoisotopic (exact) mass is 242 g/mol. The molecule has 1 aliphatic rings. The summed E-state index contributed by atoms with van der Waals surface area (Å²) in [6.07, 6.45) is 4.85. The van der Waals surface area contributed by atoms with E-state index < -0.39 is 0 Å². The van der Waals surface area contributed by atoms with E-state index in [9.17, 15) is 0 Å². The normalized spacial score (nSPS) is 14.2. The van der Waals surface area contributed by atoms with Gasteiger partial charge in [0.05, 0.1) is 11.4 Å². The maximum atomic E-state index is 4.38. The third-order valence-corrected chi connectivity index (χ3v) is 3.47. The Labute approximate surface area is 107 Å². The highest BCUT2D eigenvalue weighted by Gasteiger charge is 2.15. The predicted molar refractivity (Wildman–Crippen MR) is 74.1 cm³/mol. The first kappa shape index (κ1) is 11.1. The number of nitrogens with one attached hydrogen (secondary N) is 1. The zero-order chi connectivity index (χ0) is 12.4. The van der Waals surface area contributed by atoms with Gasteiger partial charge in [0.2, 0.25) is 0 Å². The van der Waals surface area contributed by atoms with Crippen LogP contribution >= 0.6 is 0 Å². The quantitative estimate of drug-likeness (QED) is 0.892. The van der Waals surface area contributed by atoms with Crippen LogP contribution in [0, 0.1) is 0 Å². The van der Waals surface area contributed by atoms with Gasteiger partial charge in [-0.15, -0.1) is 0 Å². The van der Waals surface area contributed by atoms with Crippen molar-refractivity contribution in [3.8, 4) is 0 Å². The summed E-state index contributed by atoms with van der Waals surface area (Å²) < 4.78 is 2.09. The number of nitrogens with zero attached hydrogens (tertiary/aromatic N) is 3. The fourth-order valence-corrected chi connectivity index (χ4v) is 2.45. The summed E-state index contributed by atoms with van der Waals surface area (Å²) in [7, 11) is 2.05. The molecule has 0 atom stereocenters. The average molecular weight is 242 g/mol. The van der Waals surface area contributed by atoms with Crippen LogP contribution in [0.25, 0.3) is 0 Å². The summed E-state index contributed by atoms with van der Waals surface area (Å²) in [5, 5.41) is 3.43. The van der Waals surface area contributed by atoms with Gasteiger partial charge in [-0.3, -0.25) is 0 Å². The van der Waals surface area contributed by atoms with Crippen LogP contribution in [-0.2, 0) is 13.5 Å². The minimum atomic E-state index is 0.984. The molecule has 0 unspecified atom stereocenters. The van der Waals surface area contributed by atoms with Crippen molar-refractivity contribution in [2.24, 2.45) is 7.05 Å². The highest BCUT2D eigenvalue weighted by molar-refractivity contribution is 5.71. The van der Waals surface area contributed by atoms with Crippen molar-refractivity contribution >= 4 is 11.4 Å². The van der Waals surface area contributed by atoms with Gasteiger partial charge >= 0.3 is 0 Å². The van der Waals surface area contributed by atoms with E-state index in [4.69, 9.17) is 0 Å². The van der Waals surface area contributed by atoms with Gasteiger partial charge in [0.1, 0.15) is 5.82 Å². The number of aryl methyl sites for hydroxylation is 1. The second-order valence-electron chi connectivity index (χ2n) is 4.64. The number of anilines is 2. The minimum Gasteiger partial charge on any atom is -0.382 e. The SMILES string of the molecule is Cn1ccnc1CCN1CCNc2ccccc21. The molecule has 0 aliphatic carbocycles. The molecule has 4 heteroatoms. The second kappa shape index (κ2) is 4.72. The Morgan fingerprint density at radius 2 is 2.22 bits per heavy atom. The Bertz CT molecular complexity index is 532. The molecule has 1 aromatic heterocycles. The lowest BCUT2D eigenvalue weighted by Gasteiger charge is -2.31. The van der Waals surface area contributed by atoms with Crippen LogP contribution in [0.1, 0.15) is 5.82 Å². The fraction of sp³-hybridized carbons (Fsp3) is 0.357. The number of rotatable bonds is 3. The molecule has 1 aromatic carbocycles. The maximum Gasteiger partial charge on any atom is 0.110 e. The Morgan fingerprint density at radius 3 is 3.06 bits per heavy atom. The molecule has 0 fully saturated rings. The largest absolute Gasteiger partial charge is 0.382 e. The van der Waals surface area contributed by atoms with Gasteiger partial charge < -0.3 is 14.8 Å². The van der Waals surface area contributed by atoms with Gasteiger partial charge in [-0.2, -0.15) is 0 Å². The van der Waals surface area contributed by atoms with E-state index in [1.165, 1.54) is 11.4 Å². The summed E-state index contributed by atoms with van der Waals surface area (Å²) >= 11 is 0. The van der Waals surface area contributed by atoms with Crippen LogP contribution in [0.3, 0.4) is 0 Å². The molecule has 18 heavy (non-hydrogen) atoms. The Hall–Kier alpha value is -1.97. The lowest BCUT2D eigenvalue weighted by molar-refractivity contribution is 0.719. The van der Waals surface area contributed by atoms with E-state index in [-0.39, 0.29) is 0 Å². The van der Waals surface area contributed by atoms with E-state index in [1.54, 1.807) is 0 Å². The Balaban J connectivity index is 1.73. The molecule has 3 rings (SSSR count). The summed E-state index contributed by atoms with van der Waals surface area (Å²) in [5.41, 5.74) is 2.54. The zero-order valence-corrected chi connectivity index (χ0v) is 10.6. The average Bonchev–Trinajstić information content (AvgIpc) is 2.82. The van der Waals surface area contributed by atoms with Crippen molar-refractivity contribution in [3.05, 3.63) is 42.5 Å². The Kier molecular flexibility index (Phi) is 2.92. The topological polar surface area (TPSA) is 33.1 Å². The van der Waals surface area contributed by atoms with Crippen molar-refractivity contribution in [3.63, 3.8) is 0 Å². The van der Waals surface area contributed by atoms with Gasteiger partial charge in [0.15, 0.2) is 0 Å². The third-order valence-electron chi connectivity index (χ3n) is 3.47. The first-order valence-corrected chi connectivity index (χ1v) is 6.38. The van der Waals surface area contributed by atoms with Gasteiger partial charge in [-0.25, -0.2) is 4.98 Å². The molecule has 1 N–H and O–H groups in total. The van der Waals surface area contributed by atoms with Gasteiger partial charge in [-0.05, 0) is 12.1 Å². The molecule has 0 saturated heterocycles. The van der Waals surface area contributed by atoms with Gasteiger partial charge in [-0.1, -0.05) is 12.1 Å². The second-order valence-corrected chi connectivity index (χ2v) is 4.64. The van der Waals surface area contributed by atoms with Crippen molar-refractivity contribution in [1.29, 1.82) is 0 Å². The van der Waals surface area contributed by atoms with E-state index in [1.807, 2.05) is 19.4 Å². The summed E-state index contributed by atoms with van der Waals surface area (Å²) in [4.78, 5) is 6.81. The van der Waals surface area contributed by atoms with Gasteiger partial charge in [0, 0.05) is 45.5 Å². The number of aromatic nitrogens is 2. The van der Waals surface area contributed by atoms with Crippen LogP contribution < -0.4 is 10.2 Å². The van der Waals surface area contributed by atoms with Crippen LogP contribution in [-0.4, -0.2) is 29.2 Å². The molecule has 0 radical (unpaired) electrons. The summed E-state index contributed by atoms with van der Waals surface area (Å²) in [6, 6.07) is 8.50. The number of para-hydroxylation sites is 2. The van der Waals surface area contributed by atoms with Crippen LogP contribution in [0.5, 0.6) is 0 Å². The minimum absolute atomic E-state index is 0.984. The summed E-state index contributed by atoms with van der Waals surface area (Å²) in [5.74, 6) is 1.14. The van der Waals surface area contributed by atoms with Crippen LogP contribution in [0.2, 0.25) is 0 Å². The predicted octanol–water partition coefficient (Wildman–Crippen LogP) is 1.89. The third kappa shape index (κ3) is 2.06. The van der Waals surface area contributed by atoms with Crippen molar-refractivity contribution in [1.82, 2.24) is 9.55 Å². The van der Waals surface area contributed by atoms with Crippen molar-refractivity contribution in [2.45, 2.75) is 6.42 Å². The van der Waals surface area contributed by atoms with Gasteiger partial charge in [0.25, 0.3) is 0 Å². The van der Waals surface area contributed by atoms with Crippen molar-refractivity contribution in [2.75, 3.05) is 29.9 Å². The lowest BCUT2D eigenvalue weighted by Crippen LogP contribution is -2.35. The fourth-order valence-electron chi connectivity index (χ4n) is 2.45. The molecule has 0 amide bonds. The maximum absolute atomic E-state index is 4.38. The standard InChI is InChI=1S/C14H18N4/c1-17-10-7-16-14(17)6-9-18-11-8-15-12-4-2-3-5-13(12)18/h2-5,7,10,15H,6,8-9,11H2,1H3. The number of hydrogen-bond donors (Lipinski definition) is 1. The highest BCUT2D eigenvalue weighted by Crippen LogP contribution is 2.28. The van der Waals surface area contributed by atoms with Crippen LogP contribution in [0.15, 0.2) is 36.7 Å². The first-order chi connectivity index (χ1) is 8.84. The van der Waals surface area contributed by atoms with Crippen molar-refractivity contribution < 1.29 is 0 Å². The molecule has 2 heterocycles. The first-order valence-electron chi connectivity index (χ1n) is 6.38. The smallest absolute Gasteiger partial charge is 0.110 e. The molecule has 0 bridgehead atoms. The molecular weight excluding hydrogens is 224 g/mol.